The molecule has 0 radical (unpaired) electrons. The zero-order valence-electron chi connectivity index (χ0n) is 15.2. The van der Waals surface area contributed by atoms with E-state index in [1.807, 2.05) is 21.8 Å². The highest BCUT2D eigenvalue weighted by Crippen LogP contribution is 2.33. The molecule has 1 amide bonds. The topological polar surface area (TPSA) is 41.4 Å². The first-order chi connectivity index (χ1) is 13.1. The minimum Gasteiger partial charge on any atom is -0.339 e. The van der Waals surface area contributed by atoms with Crippen molar-refractivity contribution in [3.63, 3.8) is 0 Å². The normalized spacial score (nSPS) is 22.4. The smallest absolute Gasteiger partial charge is 0.227 e. The lowest BCUT2D eigenvalue weighted by molar-refractivity contribution is -0.147. The van der Waals surface area contributed by atoms with Gasteiger partial charge in [-0.05, 0) is 31.5 Å². The van der Waals surface area contributed by atoms with Gasteiger partial charge in [-0.25, -0.2) is 8.78 Å². The van der Waals surface area contributed by atoms with Crippen LogP contribution in [-0.2, 0) is 17.8 Å². The zero-order chi connectivity index (χ0) is 18.8. The molecular formula is C20H24F2N4O. The number of carbonyl (C=O) groups is 1. The fraction of sp³-hybridized carbons (Fsp3) is 0.500. The number of amides is 1. The van der Waals surface area contributed by atoms with E-state index in [9.17, 15) is 13.6 Å². The van der Waals surface area contributed by atoms with Crippen molar-refractivity contribution >= 4 is 5.91 Å². The maximum absolute atomic E-state index is 13.8. The summed E-state index contributed by atoms with van der Waals surface area (Å²) in [5, 5.41) is 4.22. The SMILES string of the molecule is O=C(Cc1cccc(F)c1F)N1C[C@@H]2CN(CCCn3cccn3)CC[C@@H]21. The third kappa shape index (κ3) is 3.88. The van der Waals surface area contributed by atoms with Crippen LogP contribution < -0.4 is 0 Å². The molecule has 0 N–H and O–H groups in total. The number of halogens is 2. The molecule has 3 heterocycles. The fourth-order valence-electron chi connectivity index (χ4n) is 4.26. The number of hydrogen-bond acceptors (Lipinski definition) is 3. The number of piperidine rings is 1. The van der Waals surface area contributed by atoms with E-state index >= 15 is 0 Å². The molecule has 0 spiro atoms. The Kier molecular flexibility index (Phi) is 5.20. The molecule has 2 aliphatic heterocycles. The predicted octanol–water partition coefficient (Wildman–Crippen LogP) is 2.33. The Morgan fingerprint density at radius 2 is 2.07 bits per heavy atom. The number of rotatable bonds is 6. The van der Waals surface area contributed by atoms with Crippen LogP contribution in [0.5, 0.6) is 0 Å². The Morgan fingerprint density at radius 3 is 2.85 bits per heavy atom. The minimum absolute atomic E-state index is 0.0690. The van der Waals surface area contributed by atoms with Gasteiger partial charge in [0, 0.05) is 56.1 Å². The largest absolute Gasteiger partial charge is 0.339 e. The van der Waals surface area contributed by atoms with Gasteiger partial charge in [-0.2, -0.15) is 5.10 Å². The van der Waals surface area contributed by atoms with E-state index in [2.05, 4.69) is 10.00 Å². The minimum atomic E-state index is -0.907. The van der Waals surface area contributed by atoms with Gasteiger partial charge in [-0.3, -0.25) is 9.48 Å². The van der Waals surface area contributed by atoms with Crippen molar-refractivity contribution in [2.75, 3.05) is 26.2 Å². The van der Waals surface area contributed by atoms with Crippen LogP contribution in [0.15, 0.2) is 36.7 Å². The Bertz CT molecular complexity index is 795. The average molecular weight is 374 g/mol. The summed E-state index contributed by atoms with van der Waals surface area (Å²) in [5.41, 5.74) is 0.138. The predicted molar refractivity (Wildman–Crippen MR) is 97.0 cm³/mol. The highest BCUT2D eigenvalue weighted by atomic mass is 19.2. The Morgan fingerprint density at radius 1 is 1.19 bits per heavy atom. The quantitative estimate of drug-likeness (QED) is 0.779. The van der Waals surface area contributed by atoms with Crippen molar-refractivity contribution < 1.29 is 13.6 Å². The van der Waals surface area contributed by atoms with Gasteiger partial charge in [0.2, 0.25) is 5.91 Å². The van der Waals surface area contributed by atoms with Crippen molar-refractivity contribution in [3.8, 4) is 0 Å². The molecule has 27 heavy (non-hydrogen) atoms. The number of fused-ring (bicyclic) bond motifs is 1. The molecule has 2 saturated heterocycles. The second-order valence-corrected chi connectivity index (χ2v) is 7.48. The van der Waals surface area contributed by atoms with Crippen LogP contribution in [0, 0.1) is 17.6 Å². The second kappa shape index (κ2) is 7.76. The molecule has 0 bridgehead atoms. The second-order valence-electron chi connectivity index (χ2n) is 7.48. The van der Waals surface area contributed by atoms with Crippen LogP contribution in [0.25, 0.3) is 0 Å². The number of likely N-dealkylation sites (tertiary alicyclic amines) is 2. The number of nitrogens with zero attached hydrogens (tertiary/aromatic N) is 4. The van der Waals surface area contributed by atoms with Crippen LogP contribution in [-0.4, -0.2) is 57.7 Å². The molecular weight excluding hydrogens is 350 g/mol. The third-order valence-corrected chi connectivity index (χ3v) is 5.72. The van der Waals surface area contributed by atoms with Crippen LogP contribution in [0.1, 0.15) is 18.4 Å². The summed E-state index contributed by atoms with van der Waals surface area (Å²) in [6.07, 6.45) is 5.70. The Balaban J connectivity index is 1.24. The van der Waals surface area contributed by atoms with Crippen LogP contribution in [0.4, 0.5) is 8.78 Å². The van der Waals surface area contributed by atoms with Crippen molar-refractivity contribution in [1.29, 1.82) is 0 Å². The molecule has 2 aromatic rings. The zero-order valence-corrected chi connectivity index (χ0v) is 15.2. The van der Waals surface area contributed by atoms with E-state index in [-0.39, 0.29) is 23.9 Å². The highest BCUT2D eigenvalue weighted by molar-refractivity contribution is 5.80. The van der Waals surface area contributed by atoms with Crippen LogP contribution >= 0.6 is 0 Å². The van der Waals surface area contributed by atoms with E-state index in [1.54, 1.807) is 6.20 Å². The summed E-state index contributed by atoms with van der Waals surface area (Å²) < 4.78 is 29.1. The van der Waals surface area contributed by atoms with Crippen molar-refractivity contribution in [2.24, 2.45) is 5.92 Å². The molecule has 1 aromatic heterocycles. The van der Waals surface area contributed by atoms with Crippen molar-refractivity contribution in [3.05, 3.63) is 53.9 Å². The maximum Gasteiger partial charge on any atom is 0.227 e. The molecule has 0 saturated carbocycles. The van der Waals surface area contributed by atoms with E-state index in [4.69, 9.17) is 0 Å². The van der Waals surface area contributed by atoms with Gasteiger partial charge < -0.3 is 9.80 Å². The van der Waals surface area contributed by atoms with Gasteiger partial charge in [0.25, 0.3) is 0 Å². The third-order valence-electron chi connectivity index (χ3n) is 5.72. The summed E-state index contributed by atoms with van der Waals surface area (Å²) in [7, 11) is 0. The highest BCUT2D eigenvalue weighted by Gasteiger charge is 2.44. The fourth-order valence-corrected chi connectivity index (χ4v) is 4.26. The van der Waals surface area contributed by atoms with Gasteiger partial charge in [0.1, 0.15) is 0 Å². The Hall–Kier alpha value is -2.28. The standard InChI is InChI=1S/C20H24F2N4O/c21-17-5-1-4-15(20(17)22)12-19(27)26-14-16-13-24(11-6-18(16)26)8-3-10-25-9-2-7-23-25/h1-2,4-5,7,9,16,18H,3,6,8,10-14H2/t16-,18-/m0/s1. The molecule has 5 nitrogen and oxygen atoms in total. The number of aromatic nitrogens is 2. The molecule has 1 aromatic carbocycles. The summed E-state index contributed by atoms with van der Waals surface area (Å²) in [6, 6.07) is 6.18. The summed E-state index contributed by atoms with van der Waals surface area (Å²) in [4.78, 5) is 16.8. The number of hydrogen-bond donors (Lipinski definition) is 0. The van der Waals surface area contributed by atoms with E-state index in [0.717, 1.165) is 51.6 Å². The van der Waals surface area contributed by atoms with Gasteiger partial charge in [-0.15, -0.1) is 0 Å². The summed E-state index contributed by atoms with van der Waals surface area (Å²) >= 11 is 0. The van der Waals surface area contributed by atoms with Gasteiger partial charge in [-0.1, -0.05) is 12.1 Å². The van der Waals surface area contributed by atoms with Crippen molar-refractivity contribution in [2.45, 2.75) is 31.8 Å². The van der Waals surface area contributed by atoms with Gasteiger partial charge >= 0.3 is 0 Å². The van der Waals surface area contributed by atoms with Crippen molar-refractivity contribution in [1.82, 2.24) is 19.6 Å². The molecule has 4 rings (SSSR count). The molecule has 144 valence electrons. The lowest BCUT2D eigenvalue weighted by atomic mass is 9.82. The number of carbonyl (C=O) groups excluding carboxylic acids is 1. The van der Waals surface area contributed by atoms with Crippen LogP contribution in [0.2, 0.25) is 0 Å². The Labute approximate surface area is 157 Å². The number of benzene rings is 1. The molecule has 0 aliphatic carbocycles. The summed E-state index contributed by atoms with van der Waals surface area (Å²) in [6.45, 7) is 4.64. The van der Waals surface area contributed by atoms with E-state index in [1.165, 1.54) is 12.1 Å². The molecule has 2 aliphatic rings. The molecule has 2 atom stereocenters. The van der Waals surface area contributed by atoms with E-state index in [0.29, 0.717) is 5.92 Å². The van der Waals surface area contributed by atoms with E-state index < -0.39 is 11.6 Å². The van der Waals surface area contributed by atoms with Gasteiger partial charge in [0.15, 0.2) is 11.6 Å². The van der Waals surface area contributed by atoms with Gasteiger partial charge in [0.05, 0.1) is 6.42 Å². The lowest BCUT2D eigenvalue weighted by Crippen LogP contribution is -2.65. The maximum atomic E-state index is 13.8. The molecule has 7 heteroatoms. The van der Waals surface area contributed by atoms with Crippen LogP contribution in [0.3, 0.4) is 0 Å². The monoisotopic (exact) mass is 374 g/mol. The molecule has 0 unspecified atom stereocenters. The average Bonchev–Trinajstić information content (AvgIpc) is 3.14. The first kappa shape index (κ1) is 18.1. The first-order valence-electron chi connectivity index (χ1n) is 9.54. The number of aryl methyl sites for hydroxylation is 1. The molecule has 2 fully saturated rings. The first-order valence-corrected chi connectivity index (χ1v) is 9.54. The lowest BCUT2D eigenvalue weighted by Gasteiger charge is -2.53. The summed E-state index contributed by atoms with van der Waals surface area (Å²) in [5.74, 6) is -1.42.